The summed E-state index contributed by atoms with van der Waals surface area (Å²) >= 11 is 5.88. The van der Waals surface area contributed by atoms with Gasteiger partial charge in [0.2, 0.25) is 0 Å². The number of aryl methyl sites for hydroxylation is 1. The van der Waals surface area contributed by atoms with Crippen LogP contribution in [0.4, 0.5) is 5.82 Å². The standard InChI is InChI=1S/C18H20ClN5O4/c1-8-6-24(17-11(8)16(23-20)21-7-22-17)18-14(27)13(26)15(28-18)12(25)9-2-4-10(19)5-3-9/h2-7,12-15,18,25-27H,20H2,1H3,(H,21,22,23)/t12?,13-,14+,15+,18+/m0/s1. The summed E-state index contributed by atoms with van der Waals surface area (Å²) in [5.41, 5.74) is 4.34. The van der Waals surface area contributed by atoms with Gasteiger partial charge in [-0.2, -0.15) is 0 Å². The number of nitrogen functional groups attached to an aromatic ring is 1. The lowest BCUT2D eigenvalue weighted by molar-refractivity contribution is -0.0848. The maximum Gasteiger partial charge on any atom is 0.164 e. The number of aliphatic hydroxyl groups excluding tert-OH is 3. The average molecular weight is 406 g/mol. The molecule has 1 aliphatic heterocycles. The number of ether oxygens (including phenoxy) is 1. The fourth-order valence-electron chi connectivity index (χ4n) is 3.60. The zero-order valence-corrected chi connectivity index (χ0v) is 15.7. The quantitative estimate of drug-likeness (QED) is 0.320. The predicted octanol–water partition coefficient (Wildman–Crippen LogP) is 1.03. The normalized spacial score (nSPS) is 25.9. The van der Waals surface area contributed by atoms with Crippen LogP contribution in [0.2, 0.25) is 5.02 Å². The summed E-state index contributed by atoms with van der Waals surface area (Å²) in [6.07, 6.45) is -2.63. The van der Waals surface area contributed by atoms with Crippen molar-refractivity contribution in [3.8, 4) is 0 Å². The number of anilines is 1. The third-order valence-electron chi connectivity index (χ3n) is 5.01. The SMILES string of the molecule is Cc1cn([C@@H]2O[C@H](C(O)c3ccc(Cl)cc3)[C@@H](O)[C@H]2O)c2ncnc(NN)c12. The number of hydrogen-bond donors (Lipinski definition) is 5. The number of aromatic nitrogens is 3. The molecule has 0 saturated carbocycles. The summed E-state index contributed by atoms with van der Waals surface area (Å²) in [6, 6.07) is 6.56. The number of halogens is 1. The van der Waals surface area contributed by atoms with Gasteiger partial charge in [0.1, 0.15) is 36.4 Å². The molecule has 28 heavy (non-hydrogen) atoms. The molecule has 1 aromatic carbocycles. The number of aliphatic hydroxyl groups is 3. The molecule has 0 amide bonds. The first-order chi connectivity index (χ1) is 13.4. The fourth-order valence-corrected chi connectivity index (χ4v) is 3.72. The van der Waals surface area contributed by atoms with Crippen molar-refractivity contribution < 1.29 is 20.1 Å². The molecular formula is C18H20ClN5O4. The molecule has 3 heterocycles. The summed E-state index contributed by atoms with van der Waals surface area (Å²) in [5, 5.41) is 33.0. The topological polar surface area (TPSA) is 139 Å². The van der Waals surface area contributed by atoms with E-state index in [1.165, 1.54) is 6.33 Å². The number of fused-ring (bicyclic) bond motifs is 1. The Morgan fingerprint density at radius 1 is 1.21 bits per heavy atom. The lowest BCUT2D eigenvalue weighted by Gasteiger charge is -2.21. The molecule has 4 rings (SSSR count). The van der Waals surface area contributed by atoms with Crippen molar-refractivity contribution in [1.29, 1.82) is 0 Å². The minimum Gasteiger partial charge on any atom is -0.387 e. The van der Waals surface area contributed by atoms with Crippen LogP contribution in [0.5, 0.6) is 0 Å². The third kappa shape index (κ3) is 3.02. The van der Waals surface area contributed by atoms with Crippen LogP contribution in [0, 0.1) is 6.92 Å². The summed E-state index contributed by atoms with van der Waals surface area (Å²) in [4.78, 5) is 8.34. The number of rotatable bonds is 4. The van der Waals surface area contributed by atoms with E-state index in [1.54, 1.807) is 35.0 Å². The Hall–Kier alpha value is -2.27. The van der Waals surface area contributed by atoms with Crippen LogP contribution in [0.1, 0.15) is 23.5 Å². The van der Waals surface area contributed by atoms with Gasteiger partial charge < -0.3 is 30.0 Å². The van der Waals surface area contributed by atoms with Crippen LogP contribution in [0.15, 0.2) is 36.8 Å². The molecule has 0 bridgehead atoms. The number of nitrogens with two attached hydrogens (primary N) is 1. The molecular weight excluding hydrogens is 386 g/mol. The van der Waals surface area contributed by atoms with Gasteiger partial charge in [0, 0.05) is 11.2 Å². The van der Waals surface area contributed by atoms with Gasteiger partial charge >= 0.3 is 0 Å². The van der Waals surface area contributed by atoms with E-state index >= 15 is 0 Å². The molecule has 0 spiro atoms. The number of nitrogens with zero attached hydrogens (tertiary/aromatic N) is 3. The molecule has 1 fully saturated rings. The predicted molar refractivity (Wildman–Crippen MR) is 102 cm³/mol. The highest BCUT2D eigenvalue weighted by atomic mass is 35.5. The number of hydrogen-bond acceptors (Lipinski definition) is 8. The summed E-state index contributed by atoms with van der Waals surface area (Å²) < 4.78 is 7.49. The highest BCUT2D eigenvalue weighted by Crippen LogP contribution is 2.38. The van der Waals surface area contributed by atoms with Crippen molar-refractivity contribution in [2.45, 2.75) is 37.6 Å². The average Bonchev–Trinajstić information content (AvgIpc) is 3.19. The molecule has 5 atom stereocenters. The van der Waals surface area contributed by atoms with Gasteiger partial charge in [-0.15, -0.1) is 0 Å². The highest BCUT2D eigenvalue weighted by Gasteiger charge is 2.47. The lowest BCUT2D eigenvalue weighted by atomic mass is 9.99. The summed E-state index contributed by atoms with van der Waals surface area (Å²) in [7, 11) is 0. The van der Waals surface area contributed by atoms with E-state index in [-0.39, 0.29) is 0 Å². The Morgan fingerprint density at radius 3 is 2.61 bits per heavy atom. The molecule has 10 heteroatoms. The molecule has 0 radical (unpaired) electrons. The van der Waals surface area contributed by atoms with Gasteiger partial charge in [-0.05, 0) is 30.2 Å². The number of nitrogens with one attached hydrogen (secondary N) is 1. The van der Waals surface area contributed by atoms with Gasteiger partial charge in [0.15, 0.2) is 12.0 Å². The summed E-state index contributed by atoms with van der Waals surface area (Å²) in [6.45, 7) is 1.85. The Balaban J connectivity index is 1.69. The van der Waals surface area contributed by atoms with E-state index in [0.717, 1.165) is 5.56 Å². The summed E-state index contributed by atoms with van der Waals surface area (Å²) in [5.74, 6) is 5.96. The van der Waals surface area contributed by atoms with Crippen LogP contribution in [-0.2, 0) is 4.74 Å². The maximum atomic E-state index is 10.7. The molecule has 6 N–H and O–H groups in total. The second-order valence-electron chi connectivity index (χ2n) is 6.75. The van der Waals surface area contributed by atoms with Crippen LogP contribution in [0.25, 0.3) is 11.0 Å². The smallest absolute Gasteiger partial charge is 0.164 e. The minimum atomic E-state index is -1.30. The second kappa shape index (κ2) is 7.28. The fraction of sp³-hybridized carbons (Fsp3) is 0.333. The Labute approximate surface area is 165 Å². The van der Waals surface area contributed by atoms with Crippen molar-refractivity contribution in [2.24, 2.45) is 5.84 Å². The third-order valence-corrected chi connectivity index (χ3v) is 5.26. The van der Waals surface area contributed by atoms with E-state index in [0.29, 0.717) is 27.4 Å². The molecule has 1 aliphatic rings. The van der Waals surface area contributed by atoms with Crippen LogP contribution in [-0.4, -0.2) is 48.2 Å². The molecule has 1 unspecified atom stereocenters. The molecule has 3 aromatic rings. The van der Waals surface area contributed by atoms with Crippen molar-refractivity contribution in [3.05, 3.63) is 52.9 Å². The van der Waals surface area contributed by atoms with E-state index in [2.05, 4.69) is 15.4 Å². The number of benzene rings is 1. The number of hydrazine groups is 1. The van der Waals surface area contributed by atoms with E-state index in [9.17, 15) is 15.3 Å². The molecule has 2 aromatic heterocycles. The zero-order valence-electron chi connectivity index (χ0n) is 14.9. The van der Waals surface area contributed by atoms with Crippen molar-refractivity contribution >= 4 is 28.5 Å². The molecule has 148 valence electrons. The van der Waals surface area contributed by atoms with Crippen molar-refractivity contribution in [1.82, 2.24) is 14.5 Å². The first kappa shape index (κ1) is 19.1. The monoisotopic (exact) mass is 405 g/mol. The van der Waals surface area contributed by atoms with E-state index < -0.39 is 30.6 Å². The van der Waals surface area contributed by atoms with Crippen LogP contribution in [0.3, 0.4) is 0 Å². The van der Waals surface area contributed by atoms with Crippen molar-refractivity contribution in [3.63, 3.8) is 0 Å². The molecule has 1 saturated heterocycles. The van der Waals surface area contributed by atoms with Gasteiger partial charge in [-0.1, -0.05) is 23.7 Å². The lowest BCUT2D eigenvalue weighted by Crippen LogP contribution is -2.34. The van der Waals surface area contributed by atoms with Gasteiger partial charge in [-0.3, -0.25) is 0 Å². The first-order valence-electron chi connectivity index (χ1n) is 8.66. The Kier molecular flexibility index (Phi) is 4.96. The zero-order chi connectivity index (χ0) is 20.0. The largest absolute Gasteiger partial charge is 0.387 e. The van der Waals surface area contributed by atoms with Gasteiger partial charge in [-0.25, -0.2) is 15.8 Å². The Morgan fingerprint density at radius 2 is 1.93 bits per heavy atom. The Bertz CT molecular complexity index is 996. The molecule has 0 aliphatic carbocycles. The first-order valence-corrected chi connectivity index (χ1v) is 9.04. The van der Waals surface area contributed by atoms with Crippen molar-refractivity contribution in [2.75, 3.05) is 5.43 Å². The van der Waals surface area contributed by atoms with E-state index in [1.807, 2.05) is 6.92 Å². The van der Waals surface area contributed by atoms with E-state index in [4.69, 9.17) is 22.2 Å². The molecule has 9 nitrogen and oxygen atoms in total. The van der Waals surface area contributed by atoms with Gasteiger partial charge in [0.25, 0.3) is 0 Å². The highest BCUT2D eigenvalue weighted by molar-refractivity contribution is 6.30. The van der Waals surface area contributed by atoms with Crippen LogP contribution >= 0.6 is 11.6 Å². The maximum absolute atomic E-state index is 10.7. The van der Waals surface area contributed by atoms with Crippen LogP contribution < -0.4 is 11.3 Å². The van der Waals surface area contributed by atoms with Gasteiger partial charge in [0.05, 0.1) is 5.39 Å². The minimum absolute atomic E-state index is 0.437. The second-order valence-corrected chi connectivity index (χ2v) is 7.19.